The van der Waals surface area contributed by atoms with Crippen molar-refractivity contribution in [2.75, 3.05) is 13.2 Å². The molecule has 0 aromatic heterocycles. The Hall–Kier alpha value is -4.19. The molecular weight excluding hydrogens is 913 g/mol. The molecule has 420 valence electrons. The van der Waals surface area contributed by atoms with Crippen LogP contribution in [0.25, 0.3) is 0 Å². The van der Waals surface area contributed by atoms with Crippen LogP contribution in [0.1, 0.15) is 271 Å². The maximum atomic E-state index is 12.9. The van der Waals surface area contributed by atoms with Crippen molar-refractivity contribution in [2.45, 2.75) is 277 Å². The Balaban J connectivity index is 4.47. The molecule has 0 aromatic carbocycles. The highest BCUT2D eigenvalue weighted by atomic mass is 16.6. The van der Waals surface area contributed by atoms with Crippen molar-refractivity contribution >= 4 is 17.9 Å². The molecule has 0 rings (SSSR count). The van der Waals surface area contributed by atoms with Crippen LogP contribution in [-0.4, -0.2) is 37.2 Å². The van der Waals surface area contributed by atoms with Crippen LogP contribution in [0.2, 0.25) is 0 Å². The van der Waals surface area contributed by atoms with Gasteiger partial charge >= 0.3 is 17.9 Å². The summed E-state index contributed by atoms with van der Waals surface area (Å²) >= 11 is 0. The quantitative estimate of drug-likeness (QED) is 0.0261. The standard InChI is InChI=1S/C68H112O6/c1-4-7-10-13-16-19-22-25-27-29-31-33-34-35-37-38-40-43-46-49-52-55-58-61-67(70)73-64-65(63-72-66(69)60-57-54-51-48-45-42-24-21-18-15-12-9-6-3)74-68(71)62-59-56-53-50-47-44-41-39-36-32-30-28-26-23-20-17-14-11-8-5-2/h7,9-10,12,16,18-19,21,25,27,31,33,35,37,40,42-43,45,49,52,65H,4-6,8,11,13-15,17,20,22-24,26,28-30,32,34,36,38-39,41,44,46-48,50-51,53-64H2,1-3H3/b10-7-,12-9-,19-16-,21-18-,27-25-,33-31-,37-35-,43-40-,45-42-,52-49-. The third-order valence-electron chi connectivity index (χ3n) is 12.7. The highest BCUT2D eigenvalue weighted by Crippen LogP contribution is 2.16. The van der Waals surface area contributed by atoms with Gasteiger partial charge in [0.05, 0.1) is 0 Å². The van der Waals surface area contributed by atoms with Gasteiger partial charge in [-0.3, -0.25) is 14.4 Å². The van der Waals surface area contributed by atoms with Crippen LogP contribution >= 0.6 is 0 Å². The van der Waals surface area contributed by atoms with E-state index in [-0.39, 0.29) is 37.5 Å². The Morgan fingerprint density at radius 2 is 0.541 bits per heavy atom. The minimum Gasteiger partial charge on any atom is -0.462 e. The van der Waals surface area contributed by atoms with Crippen LogP contribution < -0.4 is 0 Å². The van der Waals surface area contributed by atoms with Crippen LogP contribution in [0.3, 0.4) is 0 Å². The van der Waals surface area contributed by atoms with Gasteiger partial charge in [0, 0.05) is 19.3 Å². The fraction of sp³-hybridized carbons (Fsp3) is 0.662. The van der Waals surface area contributed by atoms with E-state index in [9.17, 15) is 14.4 Å². The summed E-state index contributed by atoms with van der Waals surface area (Å²) in [6, 6.07) is 0. The van der Waals surface area contributed by atoms with E-state index in [2.05, 4.69) is 142 Å². The number of esters is 3. The molecule has 0 fully saturated rings. The number of hydrogen-bond donors (Lipinski definition) is 0. The highest BCUT2D eigenvalue weighted by molar-refractivity contribution is 5.71. The Labute approximate surface area is 456 Å². The van der Waals surface area contributed by atoms with Gasteiger partial charge in [-0.15, -0.1) is 0 Å². The number of carbonyl (C=O) groups is 3. The van der Waals surface area contributed by atoms with E-state index < -0.39 is 6.10 Å². The summed E-state index contributed by atoms with van der Waals surface area (Å²) in [5, 5.41) is 0. The second kappa shape index (κ2) is 61.4. The second-order valence-corrected chi connectivity index (χ2v) is 19.9. The number of unbranched alkanes of at least 4 members (excludes halogenated alkanes) is 23. The number of rotatable bonds is 54. The first kappa shape index (κ1) is 69.8. The number of allylic oxidation sites excluding steroid dienone is 20. The Bertz CT molecular complexity index is 1550. The van der Waals surface area contributed by atoms with Crippen LogP contribution in [0.4, 0.5) is 0 Å². The fourth-order valence-electron chi connectivity index (χ4n) is 8.21. The number of ether oxygens (including phenoxy) is 3. The lowest BCUT2D eigenvalue weighted by Gasteiger charge is -2.18. The molecule has 0 aromatic rings. The van der Waals surface area contributed by atoms with Gasteiger partial charge in [-0.1, -0.05) is 271 Å². The Kier molecular flexibility index (Phi) is 57.9. The summed E-state index contributed by atoms with van der Waals surface area (Å²) in [4.78, 5) is 38.2. The van der Waals surface area contributed by atoms with Crippen LogP contribution in [0.15, 0.2) is 122 Å². The SMILES string of the molecule is CC/C=C\C/C=C\C/C=C\C/C=C\C/C=C\C/C=C\C/C=C\CCCC(=O)OCC(COC(=O)CCCCC/C=C\C/C=C\C/C=C\CC)OC(=O)CCCCCCCCCCCCCCCCCCCCCC. The van der Waals surface area contributed by atoms with Crippen molar-refractivity contribution in [3.05, 3.63) is 122 Å². The van der Waals surface area contributed by atoms with E-state index in [0.717, 1.165) is 116 Å². The molecule has 0 amide bonds. The molecule has 1 atom stereocenters. The molecule has 0 spiro atoms. The zero-order valence-electron chi connectivity index (χ0n) is 48.1. The molecule has 6 heteroatoms. The van der Waals surface area contributed by atoms with Crippen LogP contribution in [0.5, 0.6) is 0 Å². The lowest BCUT2D eigenvalue weighted by Crippen LogP contribution is -2.30. The molecule has 0 radical (unpaired) electrons. The first-order valence-corrected chi connectivity index (χ1v) is 30.5. The largest absolute Gasteiger partial charge is 0.462 e. The first-order valence-electron chi connectivity index (χ1n) is 30.5. The number of hydrogen-bond acceptors (Lipinski definition) is 6. The maximum Gasteiger partial charge on any atom is 0.306 e. The minimum absolute atomic E-state index is 0.112. The molecule has 0 saturated carbocycles. The molecule has 0 bridgehead atoms. The van der Waals surface area contributed by atoms with E-state index in [1.807, 2.05) is 0 Å². The summed E-state index contributed by atoms with van der Waals surface area (Å²) in [6.07, 6.45) is 85.0. The van der Waals surface area contributed by atoms with Gasteiger partial charge in [0.1, 0.15) is 13.2 Å². The number of carbonyl (C=O) groups excluding carboxylic acids is 3. The average molecular weight is 1030 g/mol. The summed E-state index contributed by atoms with van der Waals surface area (Å²) in [7, 11) is 0. The van der Waals surface area contributed by atoms with Crippen molar-refractivity contribution in [3.8, 4) is 0 Å². The van der Waals surface area contributed by atoms with E-state index in [4.69, 9.17) is 14.2 Å². The van der Waals surface area contributed by atoms with Gasteiger partial charge in [0.2, 0.25) is 0 Å². The molecule has 6 nitrogen and oxygen atoms in total. The maximum absolute atomic E-state index is 12.9. The zero-order valence-corrected chi connectivity index (χ0v) is 48.1. The molecular formula is C68H112O6. The van der Waals surface area contributed by atoms with Crippen molar-refractivity contribution in [1.82, 2.24) is 0 Å². The van der Waals surface area contributed by atoms with E-state index >= 15 is 0 Å². The molecule has 0 aliphatic carbocycles. The third kappa shape index (κ3) is 58.7. The van der Waals surface area contributed by atoms with Crippen molar-refractivity contribution in [3.63, 3.8) is 0 Å². The lowest BCUT2D eigenvalue weighted by molar-refractivity contribution is -0.167. The van der Waals surface area contributed by atoms with Crippen LogP contribution in [0, 0.1) is 0 Å². The molecule has 1 unspecified atom stereocenters. The van der Waals surface area contributed by atoms with Crippen molar-refractivity contribution < 1.29 is 28.6 Å². The van der Waals surface area contributed by atoms with Gasteiger partial charge in [-0.05, 0) is 103 Å². The van der Waals surface area contributed by atoms with Gasteiger partial charge in [0.15, 0.2) is 6.10 Å². The zero-order chi connectivity index (χ0) is 53.6. The summed E-state index contributed by atoms with van der Waals surface area (Å²) in [5.41, 5.74) is 0. The molecule has 0 aliphatic rings. The molecule has 0 heterocycles. The van der Waals surface area contributed by atoms with Gasteiger partial charge in [0.25, 0.3) is 0 Å². The predicted molar refractivity (Wildman–Crippen MR) is 320 cm³/mol. The summed E-state index contributed by atoms with van der Waals surface area (Å²) < 4.78 is 16.8. The minimum atomic E-state index is -0.816. The molecule has 0 aliphatic heterocycles. The summed E-state index contributed by atoms with van der Waals surface area (Å²) in [6.45, 7) is 6.35. The normalized spacial score (nSPS) is 13.0. The monoisotopic (exact) mass is 1020 g/mol. The van der Waals surface area contributed by atoms with Crippen LogP contribution in [-0.2, 0) is 28.6 Å². The van der Waals surface area contributed by atoms with Gasteiger partial charge in [-0.2, -0.15) is 0 Å². The third-order valence-corrected chi connectivity index (χ3v) is 12.7. The van der Waals surface area contributed by atoms with Crippen molar-refractivity contribution in [1.29, 1.82) is 0 Å². The Morgan fingerprint density at radius 3 is 0.878 bits per heavy atom. The predicted octanol–water partition coefficient (Wildman–Crippen LogP) is 20.8. The van der Waals surface area contributed by atoms with E-state index in [1.165, 1.54) is 109 Å². The van der Waals surface area contributed by atoms with Crippen molar-refractivity contribution in [2.24, 2.45) is 0 Å². The smallest absolute Gasteiger partial charge is 0.306 e. The van der Waals surface area contributed by atoms with Gasteiger partial charge in [-0.25, -0.2) is 0 Å². The van der Waals surface area contributed by atoms with E-state index in [0.29, 0.717) is 19.3 Å². The Morgan fingerprint density at radius 1 is 0.284 bits per heavy atom. The topological polar surface area (TPSA) is 78.9 Å². The fourth-order valence-corrected chi connectivity index (χ4v) is 8.21. The second-order valence-electron chi connectivity index (χ2n) is 19.9. The highest BCUT2D eigenvalue weighted by Gasteiger charge is 2.19. The lowest BCUT2D eigenvalue weighted by atomic mass is 10.0. The molecule has 0 N–H and O–H groups in total. The first-order chi connectivity index (χ1) is 36.5. The molecule has 74 heavy (non-hydrogen) atoms. The summed E-state index contributed by atoms with van der Waals surface area (Å²) in [5.74, 6) is -0.996. The van der Waals surface area contributed by atoms with E-state index in [1.54, 1.807) is 0 Å². The average Bonchev–Trinajstić information content (AvgIpc) is 3.40. The molecule has 0 saturated heterocycles. The van der Waals surface area contributed by atoms with Gasteiger partial charge < -0.3 is 14.2 Å².